The highest BCUT2D eigenvalue weighted by atomic mass is 16.5. The second-order valence-electron chi connectivity index (χ2n) is 5.73. The van der Waals surface area contributed by atoms with Crippen LogP contribution in [0.1, 0.15) is 6.42 Å². The Morgan fingerprint density at radius 2 is 1.76 bits per heavy atom. The molecule has 0 atom stereocenters. The van der Waals surface area contributed by atoms with E-state index in [9.17, 15) is 4.79 Å². The zero-order valence-corrected chi connectivity index (χ0v) is 15.1. The molecular weight excluding hydrogens is 318 g/mol. The van der Waals surface area contributed by atoms with Gasteiger partial charge >= 0.3 is 0 Å². The van der Waals surface area contributed by atoms with Gasteiger partial charge in [0.05, 0.1) is 19.9 Å². The third-order valence-corrected chi connectivity index (χ3v) is 3.75. The Morgan fingerprint density at radius 1 is 1.04 bits per heavy atom. The first kappa shape index (κ1) is 18.4. The van der Waals surface area contributed by atoms with Gasteiger partial charge in [-0.1, -0.05) is 0 Å². The first-order valence-electron chi connectivity index (χ1n) is 8.06. The quantitative estimate of drug-likeness (QED) is 0.771. The van der Waals surface area contributed by atoms with Crippen LogP contribution in [0.4, 0.5) is 17.1 Å². The molecule has 0 saturated carbocycles. The van der Waals surface area contributed by atoms with Crippen molar-refractivity contribution in [1.29, 1.82) is 0 Å². The number of nitrogens with one attached hydrogen (secondary N) is 2. The SMILES string of the molecule is COc1ccc(OC)c(NC(=O)CCNc2ccc(N(C)C)cc2)c1. The smallest absolute Gasteiger partial charge is 0.226 e. The van der Waals surface area contributed by atoms with Crippen LogP contribution in [0.25, 0.3) is 0 Å². The number of methoxy groups -OCH3 is 2. The molecule has 0 aliphatic rings. The molecule has 2 aromatic rings. The average molecular weight is 343 g/mol. The van der Waals surface area contributed by atoms with Gasteiger partial charge in [0.15, 0.2) is 0 Å². The lowest BCUT2D eigenvalue weighted by Crippen LogP contribution is -2.16. The second kappa shape index (κ2) is 8.82. The zero-order chi connectivity index (χ0) is 18.2. The molecule has 0 unspecified atom stereocenters. The molecule has 0 aliphatic heterocycles. The molecule has 0 bridgehead atoms. The zero-order valence-electron chi connectivity index (χ0n) is 15.1. The molecule has 2 aromatic carbocycles. The monoisotopic (exact) mass is 343 g/mol. The molecule has 0 heterocycles. The van der Waals surface area contributed by atoms with E-state index < -0.39 is 0 Å². The van der Waals surface area contributed by atoms with Crippen molar-refractivity contribution in [3.05, 3.63) is 42.5 Å². The van der Waals surface area contributed by atoms with Crippen LogP contribution < -0.4 is 25.0 Å². The van der Waals surface area contributed by atoms with Crippen LogP contribution in [0, 0.1) is 0 Å². The summed E-state index contributed by atoms with van der Waals surface area (Å²) in [5, 5.41) is 6.10. The third kappa shape index (κ3) is 5.31. The van der Waals surface area contributed by atoms with Gasteiger partial charge in [0.2, 0.25) is 5.91 Å². The third-order valence-electron chi connectivity index (χ3n) is 3.75. The molecule has 6 heteroatoms. The summed E-state index contributed by atoms with van der Waals surface area (Å²) in [5.74, 6) is 1.17. The van der Waals surface area contributed by atoms with E-state index in [1.807, 2.05) is 43.3 Å². The van der Waals surface area contributed by atoms with E-state index in [1.54, 1.807) is 32.4 Å². The van der Waals surface area contributed by atoms with Gasteiger partial charge in [0, 0.05) is 44.5 Å². The molecule has 0 saturated heterocycles. The van der Waals surface area contributed by atoms with Crippen LogP contribution in [0.15, 0.2) is 42.5 Å². The topological polar surface area (TPSA) is 62.8 Å². The van der Waals surface area contributed by atoms with Crippen molar-refractivity contribution in [1.82, 2.24) is 0 Å². The Labute approximate surface area is 148 Å². The van der Waals surface area contributed by atoms with E-state index in [-0.39, 0.29) is 5.91 Å². The van der Waals surface area contributed by atoms with Crippen molar-refractivity contribution in [3.63, 3.8) is 0 Å². The van der Waals surface area contributed by atoms with Crippen LogP contribution in [-0.4, -0.2) is 40.8 Å². The molecule has 0 radical (unpaired) electrons. The number of carbonyl (C=O) groups is 1. The van der Waals surface area contributed by atoms with E-state index in [2.05, 4.69) is 10.6 Å². The summed E-state index contributed by atoms with van der Waals surface area (Å²) >= 11 is 0. The predicted octanol–water partition coefficient (Wildman–Crippen LogP) is 3.21. The fourth-order valence-electron chi connectivity index (χ4n) is 2.32. The minimum Gasteiger partial charge on any atom is -0.497 e. The van der Waals surface area contributed by atoms with Crippen LogP contribution in [0.3, 0.4) is 0 Å². The Morgan fingerprint density at radius 3 is 2.36 bits per heavy atom. The number of ether oxygens (including phenoxy) is 2. The highest BCUT2D eigenvalue weighted by Crippen LogP contribution is 2.28. The summed E-state index contributed by atoms with van der Waals surface area (Å²) in [6, 6.07) is 13.3. The van der Waals surface area contributed by atoms with E-state index in [0.29, 0.717) is 30.2 Å². The van der Waals surface area contributed by atoms with Crippen molar-refractivity contribution in [3.8, 4) is 11.5 Å². The predicted molar refractivity (Wildman–Crippen MR) is 102 cm³/mol. The molecule has 0 fully saturated rings. The van der Waals surface area contributed by atoms with Gasteiger partial charge in [0.1, 0.15) is 11.5 Å². The van der Waals surface area contributed by atoms with E-state index in [1.165, 1.54) is 0 Å². The lowest BCUT2D eigenvalue weighted by atomic mass is 10.2. The molecule has 134 valence electrons. The van der Waals surface area contributed by atoms with E-state index >= 15 is 0 Å². The number of hydrogen-bond acceptors (Lipinski definition) is 5. The number of rotatable bonds is 8. The Kier molecular flexibility index (Phi) is 6.51. The number of amides is 1. The Bertz CT molecular complexity index is 700. The summed E-state index contributed by atoms with van der Waals surface area (Å²) in [5.41, 5.74) is 2.72. The molecule has 1 amide bonds. The molecular formula is C19H25N3O3. The van der Waals surface area contributed by atoms with Crippen LogP contribution in [-0.2, 0) is 4.79 Å². The van der Waals surface area contributed by atoms with Crippen molar-refractivity contribution in [2.75, 3.05) is 50.4 Å². The summed E-state index contributed by atoms with van der Waals surface area (Å²) in [6.45, 7) is 0.541. The Balaban J connectivity index is 1.86. The average Bonchev–Trinajstić information content (AvgIpc) is 2.62. The van der Waals surface area contributed by atoms with Gasteiger partial charge in [-0.2, -0.15) is 0 Å². The molecule has 0 spiro atoms. The molecule has 0 aromatic heterocycles. The molecule has 2 N–H and O–H groups in total. The molecule has 6 nitrogen and oxygen atoms in total. The number of benzene rings is 2. The van der Waals surface area contributed by atoms with Gasteiger partial charge in [-0.05, 0) is 36.4 Å². The largest absolute Gasteiger partial charge is 0.497 e. The summed E-state index contributed by atoms with van der Waals surface area (Å²) in [4.78, 5) is 14.2. The van der Waals surface area contributed by atoms with E-state index in [4.69, 9.17) is 9.47 Å². The maximum absolute atomic E-state index is 12.2. The minimum atomic E-state index is -0.0936. The number of nitrogens with zero attached hydrogens (tertiary/aromatic N) is 1. The maximum Gasteiger partial charge on any atom is 0.226 e. The van der Waals surface area contributed by atoms with Crippen LogP contribution >= 0.6 is 0 Å². The van der Waals surface area contributed by atoms with E-state index in [0.717, 1.165) is 11.4 Å². The normalized spacial score (nSPS) is 10.1. The first-order valence-corrected chi connectivity index (χ1v) is 8.06. The minimum absolute atomic E-state index is 0.0936. The molecule has 2 rings (SSSR count). The molecule has 25 heavy (non-hydrogen) atoms. The summed E-state index contributed by atoms with van der Waals surface area (Å²) < 4.78 is 10.4. The van der Waals surface area contributed by atoms with Gasteiger partial charge in [-0.15, -0.1) is 0 Å². The lowest BCUT2D eigenvalue weighted by molar-refractivity contribution is -0.116. The number of carbonyl (C=O) groups excluding carboxylic acids is 1. The van der Waals surface area contributed by atoms with Gasteiger partial charge in [-0.25, -0.2) is 0 Å². The van der Waals surface area contributed by atoms with Crippen LogP contribution in [0.2, 0.25) is 0 Å². The first-order chi connectivity index (χ1) is 12.0. The number of anilines is 3. The number of hydrogen-bond donors (Lipinski definition) is 2. The van der Waals surface area contributed by atoms with Gasteiger partial charge in [-0.3, -0.25) is 4.79 Å². The second-order valence-corrected chi connectivity index (χ2v) is 5.73. The van der Waals surface area contributed by atoms with Gasteiger partial charge < -0.3 is 25.0 Å². The molecule has 0 aliphatic carbocycles. The van der Waals surface area contributed by atoms with Crippen molar-refractivity contribution >= 4 is 23.0 Å². The maximum atomic E-state index is 12.2. The fraction of sp³-hybridized carbons (Fsp3) is 0.316. The fourth-order valence-corrected chi connectivity index (χ4v) is 2.32. The summed E-state index contributed by atoms with van der Waals surface area (Å²) in [6.07, 6.45) is 0.343. The standard InChI is InChI=1S/C19H25N3O3/c1-22(2)15-7-5-14(6-8-15)20-12-11-19(23)21-17-13-16(24-3)9-10-18(17)25-4/h5-10,13,20H,11-12H2,1-4H3,(H,21,23). The van der Waals surface area contributed by atoms with Gasteiger partial charge in [0.25, 0.3) is 0 Å². The van der Waals surface area contributed by atoms with Crippen molar-refractivity contribution < 1.29 is 14.3 Å². The summed E-state index contributed by atoms with van der Waals surface area (Å²) in [7, 11) is 7.15. The highest BCUT2D eigenvalue weighted by Gasteiger charge is 2.09. The Hall–Kier alpha value is -2.89. The van der Waals surface area contributed by atoms with Crippen molar-refractivity contribution in [2.24, 2.45) is 0 Å². The van der Waals surface area contributed by atoms with Crippen LogP contribution in [0.5, 0.6) is 11.5 Å². The highest BCUT2D eigenvalue weighted by molar-refractivity contribution is 5.92. The van der Waals surface area contributed by atoms with Crippen molar-refractivity contribution in [2.45, 2.75) is 6.42 Å². The lowest BCUT2D eigenvalue weighted by Gasteiger charge is -2.14.